The van der Waals surface area contributed by atoms with Gasteiger partial charge in [-0.2, -0.15) is 11.8 Å². The molecule has 0 heterocycles. The summed E-state index contributed by atoms with van der Waals surface area (Å²) in [6.07, 6.45) is 2.84. The molecule has 1 aromatic carbocycles. The summed E-state index contributed by atoms with van der Waals surface area (Å²) >= 11 is 1.47. The minimum absolute atomic E-state index is 0.147. The predicted molar refractivity (Wildman–Crippen MR) is 208 cm³/mol. The highest BCUT2D eigenvalue weighted by molar-refractivity contribution is 7.98. The number of unbranched alkanes of at least 4 members (excludes halogenated alkanes) is 1. The van der Waals surface area contributed by atoms with E-state index in [4.69, 9.17) is 17.2 Å². The maximum atomic E-state index is 13.6. The van der Waals surface area contributed by atoms with Gasteiger partial charge in [-0.15, -0.1) is 0 Å². The molecule has 0 aliphatic rings. The lowest BCUT2D eigenvalue weighted by Gasteiger charge is -2.29. The number of primary amides is 1. The van der Waals surface area contributed by atoms with E-state index in [0.717, 1.165) is 5.56 Å². The Hall–Kier alpha value is -4.75. The van der Waals surface area contributed by atoms with Gasteiger partial charge in [0, 0.05) is 0 Å². The first-order chi connectivity index (χ1) is 25.9. The smallest absolute Gasteiger partial charge is 0.326 e. The number of amides is 7. The van der Waals surface area contributed by atoms with Crippen LogP contribution in [0.15, 0.2) is 30.3 Å². The Morgan fingerprint density at radius 1 is 0.709 bits per heavy atom. The number of hydrogen-bond acceptors (Lipinski definition) is 11. The number of hydrogen-bond donors (Lipinski definition) is 10. The van der Waals surface area contributed by atoms with Gasteiger partial charge in [-0.1, -0.05) is 58.0 Å². The Bertz CT molecular complexity index is 1450. The minimum atomic E-state index is -1.62. The number of thioether (sulfide) groups is 1. The minimum Gasteiger partial charge on any atom is -0.480 e. The lowest BCUT2D eigenvalue weighted by molar-refractivity contribution is -0.144. The second kappa shape index (κ2) is 25.4. The Kier molecular flexibility index (Phi) is 22.2. The van der Waals surface area contributed by atoms with E-state index < -0.39 is 108 Å². The highest BCUT2D eigenvalue weighted by Gasteiger charge is 2.34. The van der Waals surface area contributed by atoms with E-state index in [1.807, 2.05) is 36.6 Å². The number of aliphatic carboxylic acids is 1. The summed E-state index contributed by atoms with van der Waals surface area (Å²) < 4.78 is 0. The Balaban J connectivity index is 3.01. The molecule has 6 atom stereocenters. The highest BCUT2D eigenvalue weighted by atomic mass is 32.2. The first-order valence-electron chi connectivity index (χ1n) is 18.2. The molecule has 0 aromatic heterocycles. The molecular weight excluding hydrogens is 735 g/mol. The lowest BCUT2D eigenvalue weighted by Crippen LogP contribution is -2.60. The maximum Gasteiger partial charge on any atom is 0.326 e. The third kappa shape index (κ3) is 18.4. The maximum absolute atomic E-state index is 13.6. The van der Waals surface area contributed by atoms with Gasteiger partial charge in [0.1, 0.15) is 30.2 Å². The van der Waals surface area contributed by atoms with Crippen LogP contribution in [-0.4, -0.2) is 114 Å². The number of carbonyl (C=O) groups excluding carboxylic acids is 7. The van der Waals surface area contributed by atoms with E-state index in [9.17, 15) is 43.5 Å². The monoisotopic (exact) mass is 793 g/mol. The molecule has 1 rings (SSSR count). The van der Waals surface area contributed by atoms with Crippen molar-refractivity contribution in [2.24, 2.45) is 29.0 Å². The van der Waals surface area contributed by atoms with E-state index in [1.54, 1.807) is 27.7 Å². The Morgan fingerprint density at radius 2 is 1.25 bits per heavy atom. The fourth-order valence-corrected chi connectivity index (χ4v) is 5.74. The molecule has 0 aliphatic heterocycles. The molecule has 55 heavy (non-hydrogen) atoms. The molecule has 0 bridgehead atoms. The number of carboxylic acid groups (broad SMARTS) is 1. The van der Waals surface area contributed by atoms with Crippen molar-refractivity contribution in [2.45, 2.75) is 102 Å². The Morgan fingerprint density at radius 3 is 1.78 bits per heavy atom. The zero-order valence-corrected chi connectivity index (χ0v) is 33.0. The number of benzene rings is 1. The first-order valence-corrected chi connectivity index (χ1v) is 19.6. The van der Waals surface area contributed by atoms with Crippen molar-refractivity contribution < 1.29 is 43.5 Å². The van der Waals surface area contributed by atoms with Crippen LogP contribution in [0.4, 0.5) is 0 Å². The van der Waals surface area contributed by atoms with Crippen molar-refractivity contribution >= 4 is 59.1 Å². The zero-order chi connectivity index (χ0) is 41.7. The largest absolute Gasteiger partial charge is 0.480 e. The fraction of sp³-hybridized carbons (Fsp3) is 0.611. The number of carbonyl (C=O) groups is 8. The van der Waals surface area contributed by atoms with Gasteiger partial charge in [0.05, 0.1) is 19.0 Å². The highest BCUT2D eigenvalue weighted by Crippen LogP contribution is 2.10. The lowest BCUT2D eigenvalue weighted by atomic mass is 9.98. The van der Waals surface area contributed by atoms with Gasteiger partial charge in [0.2, 0.25) is 41.4 Å². The molecule has 19 heteroatoms. The molecule has 0 radical (unpaired) electrons. The van der Waals surface area contributed by atoms with Crippen LogP contribution < -0.4 is 49.1 Å². The van der Waals surface area contributed by atoms with Crippen molar-refractivity contribution in [3.05, 3.63) is 35.9 Å². The summed E-state index contributed by atoms with van der Waals surface area (Å²) in [5.41, 5.74) is 17.7. The van der Waals surface area contributed by atoms with Gasteiger partial charge in [-0.25, -0.2) is 4.79 Å². The number of nitrogens with one attached hydrogen (secondary N) is 6. The predicted octanol–water partition coefficient (Wildman–Crippen LogP) is -1.75. The standard InChI is InChI=1S/C36H59N9O9S/c1-20(2)29(34(51)43-26(36(53)54)18-27(39)46)45-35(52)30(21(3)4)44-33(50)24(13-9-10-15-37)41-28(47)19-40-32(49)25(14-16-55-5)42-31(48)23(38)17-22-11-7-6-8-12-22/h6-8,11-12,20-21,23-26,29-30H,9-10,13-19,37-38H2,1-5H3,(H2,39,46)(H,40,49)(H,41,47)(H,42,48)(H,43,51)(H,44,50)(H,45,52)(H,53,54)/t23-,24-,25-,26-,29-,30-/m0/s1. The van der Waals surface area contributed by atoms with Crippen molar-refractivity contribution in [3.8, 4) is 0 Å². The van der Waals surface area contributed by atoms with E-state index in [0.29, 0.717) is 25.1 Å². The van der Waals surface area contributed by atoms with E-state index >= 15 is 0 Å². The fourth-order valence-electron chi connectivity index (χ4n) is 5.27. The second-order valence-corrected chi connectivity index (χ2v) is 14.8. The van der Waals surface area contributed by atoms with Crippen molar-refractivity contribution in [1.29, 1.82) is 0 Å². The molecule has 0 unspecified atom stereocenters. The number of nitrogens with two attached hydrogens (primary N) is 3. The Labute approximate surface area is 326 Å². The van der Waals surface area contributed by atoms with Crippen LogP contribution in [0, 0.1) is 11.8 Å². The molecule has 13 N–H and O–H groups in total. The van der Waals surface area contributed by atoms with E-state index in [-0.39, 0.29) is 19.3 Å². The molecule has 18 nitrogen and oxygen atoms in total. The van der Waals surface area contributed by atoms with Crippen LogP contribution in [0.5, 0.6) is 0 Å². The molecule has 308 valence electrons. The van der Waals surface area contributed by atoms with Gasteiger partial charge >= 0.3 is 5.97 Å². The molecule has 0 saturated carbocycles. The molecule has 0 spiro atoms. The van der Waals surface area contributed by atoms with Crippen LogP contribution >= 0.6 is 11.8 Å². The van der Waals surface area contributed by atoms with Gasteiger partial charge < -0.3 is 54.2 Å². The molecular formula is C36H59N9O9S. The van der Waals surface area contributed by atoms with Crippen molar-refractivity contribution in [1.82, 2.24) is 31.9 Å². The van der Waals surface area contributed by atoms with Crippen molar-refractivity contribution in [3.63, 3.8) is 0 Å². The van der Waals surface area contributed by atoms with E-state index in [1.165, 1.54) is 11.8 Å². The summed E-state index contributed by atoms with van der Waals surface area (Å²) in [6.45, 7) is 6.33. The molecule has 0 aliphatic carbocycles. The first kappa shape index (κ1) is 48.3. The molecule has 0 fully saturated rings. The van der Waals surface area contributed by atoms with Crippen LogP contribution in [0.3, 0.4) is 0 Å². The second-order valence-electron chi connectivity index (χ2n) is 13.8. The van der Waals surface area contributed by atoms with Crippen LogP contribution in [0.1, 0.15) is 65.4 Å². The van der Waals surface area contributed by atoms with Crippen molar-refractivity contribution in [2.75, 3.05) is 25.1 Å². The van der Waals surface area contributed by atoms with Crippen LogP contribution in [-0.2, 0) is 44.8 Å². The van der Waals surface area contributed by atoms with Crippen LogP contribution in [0.25, 0.3) is 0 Å². The average Bonchev–Trinajstić information content (AvgIpc) is 3.12. The summed E-state index contributed by atoms with van der Waals surface area (Å²) in [5, 5.41) is 24.6. The van der Waals surface area contributed by atoms with Gasteiger partial charge in [-0.3, -0.25) is 33.6 Å². The zero-order valence-electron chi connectivity index (χ0n) is 32.2. The third-order valence-electron chi connectivity index (χ3n) is 8.41. The third-order valence-corrected chi connectivity index (χ3v) is 9.06. The van der Waals surface area contributed by atoms with Gasteiger partial charge in [-0.05, 0) is 68.1 Å². The normalized spacial score (nSPS) is 14.3. The molecule has 0 saturated heterocycles. The molecule has 7 amide bonds. The topological polar surface area (TPSA) is 307 Å². The SMILES string of the molecule is CSCC[C@H](NC(=O)[C@@H](N)Cc1ccccc1)C(=O)NCC(=O)N[C@@H](CCCCN)C(=O)N[C@H](C(=O)N[C@H](C(=O)N[C@@H](CC(N)=O)C(=O)O)C(C)C)C(C)C. The van der Waals surface area contributed by atoms with Gasteiger partial charge in [0.25, 0.3) is 0 Å². The van der Waals surface area contributed by atoms with Crippen LogP contribution in [0.2, 0.25) is 0 Å². The number of carboxylic acids is 1. The average molecular weight is 794 g/mol. The number of rotatable bonds is 26. The summed E-state index contributed by atoms with van der Waals surface area (Å²) in [6, 6.07) is 2.11. The summed E-state index contributed by atoms with van der Waals surface area (Å²) in [5.74, 6) is -7.11. The van der Waals surface area contributed by atoms with Gasteiger partial charge in [0.15, 0.2) is 0 Å². The summed E-state index contributed by atoms with van der Waals surface area (Å²) in [4.78, 5) is 102. The quantitative estimate of drug-likeness (QED) is 0.0467. The summed E-state index contributed by atoms with van der Waals surface area (Å²) in [7, 11) is 0. The van der Waals surface area contributed by atoms with E-state index in [2.05, 4.69) is 31.9 Å². The molecule has 1 aromatic rings.